The van der Waals surface area contributed by atoms with E-state index in [0.29, 0.717) is 27.2 Å². The molecule has 0 unspecified atom stereocenters. The van der Waals surface area contributed by atoms with Crippen LogP contribution in [-0.4, -0.2) is 43.8 Å². The lowest BCUT2D eigenvalue weighted by atomic mass is 10.2. The van der Waals surface area contributed by atoms with Gasteiger partial charge in [-0.3, -0.25) is 9.59 Å². The molecule has 0 fully saturated rings. The van der Waals surface area contributed by atoms with Crippen molar-refractivity contribution in [1.29, 1.82) is 0 Å². The molecule has 2 aromatic carbocycles. The Morgan fingerprint density at radius 1 is 1.06 bits per heavy atom. The van der Waals surface area contributed by atoms with Crippen molar-refractivity contribution in [3.63, 3.8) is 0 Å². The number of esters is 1. The summed E-state index contributed by atoms with van der Waals surface area (Å²) in [5.74, 6) is -1.19. The topological polar surface area (TPSA) is 115 Å². The van der Waals surface area contributed by atoms with Crippen LogP contribution in [-0.2, 0) is 19.1 Å². The Morgan fingerprint density at radius 2 is 1.79 bits per heavy atom. The number of para-hydroxylation sites is 1. The predicted octanol–water partition coefficient (Wildman–Crippen LogP) is 3.64. The smallest absolute Gasteiger partial charge is 0.344 e. The Hall–Kier alpha value is -3.22. The summed E-state index contributed by atoms with van der Waals surface area (Å²) in [7, 11) is 0. The summed E-state index contributed by atoms with van der Waals surface area (Å²) in [6, 6.07) is 9.16. The first kappa shape index (κ1) is 27.0. The van der Waals surface area contributed by atoms with Gasteiger partial charge in [-0.25, -0.2) is 14.6 Å². The van der Waals surface area contributed by atoms with E-state index in [1.807, 2.05) is 29.5 Å². The van der Waals surface area contributed by atoms with Gasteiger partial charge in [0.2, 0.25) is 11.8 Å². The first-order valence-corrected chi connectivity index (χ1v) is 11.5. The van der Waals surface area contributed by atoms with Gasteiger partial charge in [0, 0.05) is 12.8 Å². The summed E-state index contributed by atoms with van der Waals surface area (Å²) in [5.41, 5.74) is 3.02. The number of rotatable bonds is 12. The fraction of sp³-hybridized carbons (Fsp3) is 0.304. The fourth-order valence-corrected chi connectivity index (χ4v) is 3.42. The first-order chi connectivity index (χ1) is 16.3. The lowest BCUT2D eigenvalue weighted by Crippen LogP contribution is -2.21. The number of nitrogens with zero attached hydrogens (tertiary/aromatic N) is 1. The molecular formula is C23H25FIN3O6. The average molecular weight is 585 g/mol. The van der Waals surface area contributed by atoms with Crippen LogP contribution < -0.4 is 20.2 Å². The standard InChI is InChI=1S/C23H25FIN3O6/c1-3-32-19-12-15(11-17(25)23(19)34-14-22(31)33-4-2)13-26-28-21(30)10-9-20(29)27-18-8-6-5-7-16(18)24/h5-8,11-13H,3-4,9-10,14H2,1-2H3,(H,27,29)(H,28,30). The number of hydrogen-bond acceptors (Lipinski definition) is 7. The van der Waals surface area contributed by atoms with Gasteiger partial charge in [-0.05, 0) is 66.3 Å². The molecule has 2 aromatic rings. The zero-order chi connectivity index (χ0) is 24.9. The third kappa shape index (κ3) is 8.96. The lowest BCUT2D eigenvalue weighted by molar-refractivity contribution is -0.145. The van der Waals surface area contributed by atoms with Crippen LogP contribution in [0.25, 0.3) is 0 Å². The molecule has 34 heavy (non-hydrogen) atoms. The van der Waals surface area contributed by atoms with Crippen LogP contribution in [0.15, 0.2) is 41.5 Å². The predicted molar refractivity (Wildman–Crippen MR) is 132 cm³/mol. The molecule has 0 heterocycles. The number of hydrazone groups is 1. The van der Waals surface area contributed by atoms with Crippen LogP contribution in [0.1, 0.15) is 32.3 Å². The van der Waals surface area contributed by atoms with Crippen molar-refractivity contribution < 1.29 is 33.0 Å². The molecule has 0 saturated carbocycles. The maximum absolute atomic E-state index is 13.6. The van der Waals surface area contributed by atoms with E-state index < -0.39 is 23.6 Å². The van der Waals surface area contributed by atoms with Gasteiger partial charge in [-0.2, -0.15) is 5.10 Å². The number of ether oxygens (including phenoxy) is 3. The quantitative estimate of drug-likeness (QED) is 0.170. The highest BCUT2D eigenvalue weighted by Crippen LogP contribution is 2.34. The van der Waals surface area contributed by atoms with E-state index in [1.165, 1.54) is 24.4 Å². The van der Waals surface area contributed by atoms with E-state index in [0.717, 1.165) is 0 Å². The Bertz CT molecular complexity index is 1050. The highest BCUT2D eigenvalue weighted by molar-refractivity contribution is 14.1. The Morgan fingerprint density at radius 3 is 2.50 bits per heavy atom. The van der Waals surface area contributed by atoms with E-state index >= 15 is 0 Å². The van der Waals surface area contributed by atoms with Crippen molar-refractivity contribution in [3.8, 4) is 11.5 Å². The van der Waals surface area contributed by atoms with E-state index in [-0.39, 0.29) is 31.7 Å². The Kier molecular flexibility index (Phi) is 11.2. The molecule has 0 spiro atoms. The molecule has 182 valence electrons. The van der Waals surface area contributed by atoms with E-state index in [9.17, 15) is 18.8 Å². The summed E-state index contributed by atoms with van der Waals surface area (Å²) in [6.07, 6.45) is 1.16. The number of carbonyl (C=O) groups is 3. The number of amides is 2. The molecular weight excluding hydrogens is 560 g/mol. The molecule has 0 atom stereocenters. The number of carbonyl (C=O) groups excluding carboxylic acids is 3. The van der Waals surface area contributed by atoms with Gasteiger partial charge in [0.25, 0.3) is 0 Å². The highest BCUT2D eigenvalue weighted by atomic mass is 127. The largest absolute Gasteiger partial charge is 0.490 e. The molecule has 0 saturated heterocycles. The summed E-state index contributed by atoms with van der Waals surface area (Å²) in [5, 5.41) is 6.31. The van der Waals surface area contributed by atoms with Crippen molar-refractivity contribution in [2.24, 2.45) is 5.10 Å². The zero-order valence-electron chi connectivity index (χ0n) is 18.7. The molecule has 0 aliphatic carbocycles. The molecule has 0 aliphatic rings. The monoisotopic (exact) mass is 585 g/mol. The number of anilines is 1. The molecule has 2 N–H and O–H groups in total. The number of hydrogen-bond donors (Lipinski definition) is 2. The Balaban J connectivity index is 1.91. The summed E-state index contributed by atoms with van der Waals surface area (Å²) in [6.45, 7) is 3.90. The lowest BCUT2D eigenvalue weighted by Gasteiger charge is -2.14. The maximum Gasteiger partial charge on any atom is 0.344 e. The van der Waals surface area contributed by atoms with Crippen LogP contribution in [0.4, 0.5) is 10.1 Å². The third-order valence-electron chi connectivity index (χ3n) is 4.10. The van der Waals surface area contributed by atoms with Crippen molar-refractivity contribution in [2.45, 2.75) is 26.7 Å². The minimum Gasteiger partial charge on any atom is -0.490 e. The SMILES string of the molecule is CCOC(=O)COc1c(I)cc(C=NNC(=O)CCC(=O)Nc2ccccc2F)cc1OCC. The van der Waals surface area contributed by atoms with E-state index in [1.54, 1.807) is 25.1 Å². The minimum atomic E-state index is -0.553. The summed E-state index contributed by atoms with van der Waals surface area (Å²) < 4.78 is 30.3. The summed E-state index contributed by atoms with van der Waals surface area (Å²) >= 11 is 2.04. The zero-order valence-corrected chi connectivity index (χ0v) is 20.9. The second kappa shape index (κ2) is 14.1. The van der Waals surface area contributed by atoms with Crippen LogP contribution in [0.2, 0.25) is 0 Å². The van der Waals surface area contributed by atoms with Gasteiger partial charge in [0.15, 0.2) is 18.1 Å². The van der Waals surface area contributed by atoms with Crippen LogP contribution in [0.5, 0.6) is 11.5 Å². The van der Waals surface area contributed by atoms with Crippen molar-refractivity contribution in [3.05, 3.63) is 51.3 Å². The van der Waals surface area contributed by atoms with Crippen LogP contribution >= 0.6 is 22.6 Å². The van der Waals surface area contributed by atoms with Crippen LogP contribution in [0, 0.1) is 9.39 Å². The van der Waals surface area contributed by atoms with Crippen LogP contribution in [0.3, 0.4) is 0 Å². The molecule has 2 amide bonds. The highest BCUT2D eigenvalue weighted by Gasteiger charge is 2.14. The van der Waals surface area contributed by atoms with Gasteiger partial charge >= 0.3 is 5.97 Å². The Labute approximate surface area is 210 Å². The molecule has 11 heteroatoms. The van der Waals surface area contributed by atoms with Gasteiger partial charge in [0.1, 0.15) is 5.82 Å². The minimum absolute atomic E-state index is 0.0558. The van der Waals surface area contributed by atoms with Gasteiger partial charge < -0.3 is 19.5 Å². The number of nitrogens with one attached hydrogen (secondary N) is 2. The van der Waals surface area contributed by atoms with Gasteiger partial charge in [-0.1, -0.05) is 12.1 Å². The molecule has 0 radical (unpaired) electrons. The van der Waals surface area contributed by atoms with Crippen molar-refractivity contribution in [1.82, 2.24) is 5.43 Å². The normalized spacial score (nSPS) is 10.6. The molecule has 0 aromatic heterocycles. The number of halogens is 2. The second-order valence-corrected chi connectivity index (χ2v) is 7.84. The van der Waals surface area contributed by atoms with E-state index in [4.69, 9.17) is 14.2 Å². The molecule has 0 bridgehead atoms. The molecule has 2 rings (SSSR count). The number of benzene rings is 2. The summed E-state index contributed by atoms with van der Waals surface area (Å²) in [4.78, 5) is 35.5. The van der Waals surface area contributed by atoms with Gasteiger partial charge in [0.05, 0.1) is 28.7 Å². The van der Waals surface area contributed by atoms with Crippen molar-refractivity contribution in [2.75, 3.05) is 25.1 Å². The fourth-order valence-electron chi connectivity index (χ4n) is 2.64. The second-order valence-electron chi connectivity index (χ2n) is 6.68. The van der Waals surface area contributed by atoms with Crippen molar-refractivity contribution >= 4 is 52.3 Å². The maximum atomic E-state index is 13.6. The average Bonchev–Trinajstić information content (AvgIpc) is 2.79. The van der Waals surface area contributed by atoms with Gasteiger partial charge in [-0.15, -0.1) is 0 Å². The van der Waals surface area contributed by atoms with E-state index in [2.05, 4.69) is 15.8 Å². The first-order valence-electron chi connectivity index (χ1n) is 10.4. The molecule has 0 aliphatic heterocycles. The third-order valence-corrected chi connectivity index (χ3v) is 4.90. The molecule has 9 nitrogen and oxygen atoms in total.